The van der Waals surface area contributed by atoms with Gasteiger partial charge in [0.1, 0.15) is 0 Å². The molecule has 0 aliphatic carbocycles. The van der Waals surface area contributed by atoms with Crippen molar-refractivity contribution in [3.63, 3.8) is 0 Å². The number of hydrogen-bond acceptors (Lipinski definition) is 5. The molecule has 0 radical (unpaired) electrons. The first-order valence-electron chi connectivity index (χ1n) is 6.24. The van der Waals surface area contributed by atoms with Crippen molar-refractivity contribution < 1.29 is 23.0 Å². The van der Waals surface area contributed by atoms with Crippen molar-refractivity contribution in [2.45, 2.75) is 12.8 Å². The number of ether oxygens (including phenoxy) is 3. The Morgan fingerprint density at radius 1 is 1.33 bits per heavy atom. The molecule has 0 atom stereocenters. The Hall–Kier alpha value is -2.35. The molecule has 0 saturated heterocycles. The van der Waals surface area contributed by atoms with Gasteiger partial charge in [-0.05, 0) is 12.1 Å². The Morgan fingerprint density at radius 2 is 2.14 bits per heavy atom. The van der Waals surface area contributed by atoms with Gasteiger partial charge < -0.3 is 24.1 Å². The molecule has 1 N–H and O–H groups in total. The summed E-state index contributed by atoms with van der Waals surface area (Å²) in [4.78, 5) is 4.16. The number of rotatable bonds is 5. The predicted octanol–water partition coefficient (Wildman–Crippen LogP) is 2.59. The van der Waals surface area contributed by atoms with Crippen LogP contribution in [0, 0.1) is 0 Å². The van der Waals surface area contributed by atoms with Gasteiger partial charge in [0.2, 0.25) is 5.95 Å². The number of nitrogens with zero attached hydrogens (tertiary/aromatic N) is 2. The Bertz CT molecular complexity index is 645. The molecule has 0 unspecified atom stereocenters. The highest BCUT2D eigenvalue weighted by molar-refractivity contribution is 5.60. The number of anilines is 2. The van der Waals surface area contributed by atoms with E-state index < -0.39 is 6.29 Å². The highest BCUT2D eigenvalue weighted by Gasteiger charge is 2.43. The lowest BCUT2D eigenvalue weighted by atomic mass is 10.3. The van der Waals surface area contributed by atoms with E-state index in [2.05, 4.69) is 19.8 Å². The lowest BCUT2D eigenvalue weighted by molar-refractivity contribution is -0.286. The fourth-order valence-corrected chi connectivity index (χ4v) is 1.96. The largest absolute Gasteiger partial charge is 0.586 e. The fourth-order valence-electron chi connectivity index (χ4n) is 1.96. The second-order valence-corrected chi connectivity index (χ2v) is 4.39. The van der Waals surface area contributed by atoms with Crippen LogP contribution >= 0.6 is 0 Å². The molecular weight excluding hydrogens is 284 g/mol. The van der Waals surface area contributed by atoms with E-state index in [1.54, 1.807) is 25.6 Å². The lowest BCUT2D eigenvalue weighted by Crippen LogP contribution is -2.25. The van der Waals surface area contributed by atoms with Gasteiger partial charge in [-0.3, -0.25) is 0 Å². The number of halogens is 2. The molecular formula is C13H13F2N3O3. The first-order valence-corrected chi connectivity index (χ1v) is 6.24. The molecule has 1 aromatic carbocycles. The van der Waals surface area contributed by atoms with E-state index in [0.29, 0.717) is 24.8 Å². The summed E-state index contributed by atoms with van der Waals surface area (Å²) in [5.74, 6) is 0.575. The lowest BCUT2D eigenvalue weighted by Gasteiger charge is -2.09. The first-order chi connectivity index (χ1) is 10.1. The zero-order valence-electron chi connectivity index (χ0n) is 11.2. The van der Waals surface area contributed by atoms with Gasteiger partial charge in [0.25, 0.3) is 0 Å². The highest BCUT2D eigenvalue weighted by Crippen LogP contribution is 2.42. The van der Waals surface area contributed by atoms with Crippen molar-refractivity contribution in [1.29, 1.82) is 0 Å². The van der Waals surface area contributed by atoms with Crippen molar-refractivity contribution in [2.24, 2.45) is 0 Å². The van der Waals surface area contributed by atoms with Crippen LogP contribution in [0.5, 0.6) is 11.5 Å². The Labute approximate surface area is 119 Å². The van der Waals surface area contributed by atoms with Crippen molar-refractivity contribution in [3.05, 3.63) is 30.6 Å². The summed E-state index contributed by atoms with van der Waals surface area (Å²) in [5.41, 5.74) is 0.569. The van der Waals surface area contributed by atoms with Gasteiger partial charge in [0.15, 0.2) is 11.5 Å². The normalized spacial score (nSPS) is 15.2. The zero-order valence-corrected chi connectivity index (χ0v) is 11.2. The van der Waals surface area contributed by atoms with Gasteiger partial charge in [-0.25, -0.2) is 4.98 Å². The summed E-state index contributed by atoms with van der Waals surface area (Å²) < 4.78 is 41.5. The number of imidazole rings is 1. The maximum atomic E-state index is 13.0. The fraction of sp³-hybridized carbons (Fsp3) is 0.308. The third-order valence-corrected chi connectivity index (χ3v) is 2.91. The van der Waals surface area contributed by atoms with Crippen LogP contribution in [-0.2, 0) is 11.3 Å². The van der Waals surface area contributed by atoms with Crippen LogP contribution < -0.4 is 14.8 Å². The molecule has 1 aliphatic rings. The summed E-state index contributed by atoms with van der Waals surface area (Å²) in [6.45, 7) is 1.17. The monoisotopic (exact) mass is 297 g/mol. The Morgan fingerprint density at radius 3 is 2.95 bits per heavy atom. The van der Waals surface area contributed by atoms with Crippen LogP contribution in [-0.4, -0.2) is 29.6 Å². The third kappa shape index (κ3) is 2.89. The summed E-state index contributed by atoms with van der Waals surface area (Å²) in [5, 5.41) is 3.03. The number of benzene rings is 1. The van der Waals surface area contributed by atoms with E-state index in [0.717, 1.165) is 0 Å². The summed E-state index contributed by atoms with van der Waals surface area (Å²) in [7, 11) is 1.61. The van der Waals surface area contributed by atoms with Crippen molar-refractivity contribution in [2.75, 3.05) is 19.0 Å². The van der Waals surface area contributed by atoms with Gasteiger partial charge in [-0.1, -0.05) is 0 Å². The Balaban J connectivity index is 1.76. The molecule has 0 saturated carbocycles. The highest BCUT2D eigenvalue weighted by atomic mass is 19.3. The van der Waals surface area contributed by atoms with Gasteiger partial charge in [0, 0.05) is 37.8 Å². The maximum absolute atomic E-state index is 13.0. The SMILES string of the molecule is COCCn1ccnc1Nc1ccc2c(c1)OC(F)(F)O2. The van der Waals surface area contributed by atoms with Gasteiger partial charge in [-0.2, -0.15) is 0 Å². The van der Waals surface area contributed by atoms with Crippen LogP contribution in [0.3, 0.4) is 0 Å². The molecule has 6 nitrogen and oxygen atoms in total. The van der Waals surface area contributed by atoms with Crippen LogP contribution in [0.4, 0.5) is 20.4 Å². The topological polar surface area (TPSA) is 57.5 Å². The molecule has 0 spiro atoms. The number of hydrogen-bond donors (Lipinski definition) is 1. The van der Waals surface area contributed by atoms with E-state index in [9.17, 15) is 8.78 Å². The molecule has 1 aliphatic heterocycles. The van der Waals surface area contributed by atoms with Crippen molar-refractivity contribution >= 4 is 11.6 Å². The molecule has 2 aromatic rings. The number of methoxy groups -OCH3 is 1. The molecule has 3 rings (SSSR count). The maximum Gasteiger partial charge on any atom is 0.586 e. The van der Waals surface area contributed by atoms with Crippen LogP contribution in [0.1, 0.15) is 0 Å². The molecule has 21 heavy (non-hydrogen) atoms. The van der Waals surface area contributed by atoms with Crippen molar-refractivity contribution in [3.8, 4) is 11.5 Å². The van der Waals surface area contributed by atoms with E-state index >= 15 is 0 Å². The van der Waals surface area contributed by atoms with E-state index in [1.807, 2.05) is 4.57 Å². The first kappa shape index (κ1) is 13.6. The van der Waals surface area contributed by atoms with Crippen LogP contribution in [0.2, 0.25) is 0 Å². The van der Waals surface area contributed by atoms with Gasteiger partial charge in [0.05, 0.1) is 6.61 Å². The van der Waals surface area contributed by atoms with Crippen LogP contribution in [0.25, 0.3) is 0 Å². The molecule has 8 heteroatoms. The summed E-state index contributed by atoms with van der Waals surface area (Å²) in [6.07, 6.45) is -0.181. The number of nitrogens with one attached hydrogen (secondary N) is 1. The predicted molar refractivity (Wildman–Crippen MR) is 70.0 cm³/mol. The number of aromatic nitrogens is 2. The third-order valence-electron chi connectivity index (χ3n) is 2.91. The standard InChI is InChI=1S/C13H13F2N3O3/c1-19-7-6-18-5-4-16-12(18)17-9-2-3-10-11(8-9)21-13(14,15)20-10/h2-5,8H,6-7H2,1H3,(H,16,17). The van der Waals surface area contributed by atoms with Gasteiger partial charge in [-0.15, -0.1) is 8.78 Å². The van der Waals surface area contributed by atoms with E-state index in [4.69, 9.17) is 4.74 Å². The smallest absolute Gasteiger partial charge is 0.395 e. The van der Waals surface area contributed by atoms with Crippen molar-refractivity contribution in [1.82, 2.24) is 9.55 Å². The summed E-state index contributed by atoms with van der Waals surface area (Å²) >= 11 is 0. The molecule has 2 heterocycles. The molecule has 0 amide bonds. The average molecular weight is 297 g/mol. The van der Waals surface area contributed by atoms with E-state index in [1.165, 1.54) is 12.1 Å². The second kappa shape index (κ2) is 5.21. The zero-order chi connectivity index (χ0) is 14.9. The van der Waals surface area contributed by atoms with Crippen LogP contribution in [0.15, 0.2) is 30.6 Å². The molecule has 0 bridgehead atoms. The van der Waals surface area contributed by atoms with Gasteiger partial charge >= 0.3 is 6.29 Å². The molecule has 112 valence electrons. The second-order valence-electron chi connectivity index (χ2n) is 4.39. The quantitative estimate of drug-likeness (QED) is 0.919. The molecule has 1 aromatic heterocycles. The van der Waals surface area contributed by atoms with E-state index in [-0.39, 0.29) is 11.5 Å². The Kier molecular flexibility index (Phi) is 3.38. The minimum absolute atomic E-state index is 0.00766. The molecule has 0 fully saturated rings. The number of fused-ring (bicyclic) bond motifs is 1. The number of alkyl halides is 2. The minimum atomic E-state index is -3.61. The average Bonchev–Trinajstić information content (AvgIpc) is 2.98. The summed E-state index contributed by atoms with van der Waals surface area (Å²) in [6, 6.07) is 4.46. The minimum Gasteiger partial charge on any atom is -0.395 e.